The van der Waals surface area contributed by atoms with Crippen molar-refractivity contribution in [2.45, 2.75) is 45.1 Å². The summed E-state index contributed by atoms with van der Waals surface area (Å²) in [6, 6.07) is 15.4. The van der Waals surface area contributed by atoms with Gasteiger partial charge in [0.1, 0.15) is 35.9 Å². The van der Waals surface area contributed by atoms with Crippen molar-refractivity contribution in [1.29, 1.82) is 0 Å². The van der Waals surface area contributed by atoms with E-state index in [1.807, 2.05) is 0 Å². The molecule has 0 saturated carbocycles. The average Bonchev–Trinajstić information content (AvgIpc) is 3.53. The lowest BCUT2D eigenvalue weighted by Crippen LogP contribution is -2.30. The summed E-state index contributed by atoms with van der Waals surface area (Å²) in [6.07, 6.45) is -4.90. The van der Waals surface area contributed by atoms with Gasteiger partial charge in [-0.25, -0.2) is 24.1 Å². The van der Waals surface area contributed by atoms with Crippen LogP contribution in [0.3, 0.4) is 0 Å². The van der Waals surface area contributed by atoms with Crippen LogP contribution in [0.1, 0.15) is 28.8 Å². The molecule has 8 rings (SSSR count). The molecule has 0 spiro atoms. The Hall–Kier alpha value is -5.87. The number of ether oxygens (including phenoxy) is 3. The summed E-state index contributed by atoms with van der Waals surface area (Å²) in [5, 5.41) is 14.0. The van der Waals surface area contributed by atoms with Gasteiger partial charge in [-0.1, -0.05) is 41.9 Å². The van der Waals surface area contributed by atoms with Gasteiger partial charge in [-0.2, -0.15) is 18.2 Å². The summed E-state index contributed by atoms with van der Waals surface area (Å²) in [7, 11) is 0. The summed E-state index contributed by atoms with van der Waals surface area (Å²) >= 11 is 8.17. The van der Waals surface area contributed by atoms with Crippen LogP contribution in [0.15, 0.2) is 73.2 Å². The Kier molecular flexibility index (Phi) is 10.5. The number of alkyl halides is 3. The van der Waals surface area contributed by atoms with E-state index in [0.29, 0.717) is 54.2 Å². The molecule has 282 valence electrons. The molecular weight excluding hydrogens is 766 g/mol. The Morgan fingerprint density at radius 2 is 1.87 bits per heavy atom. The molecule has 0 aliphatic carbocycles. The molecule has 0 unspecified atom stereocenters. The molecule has 0 fully saturated rings. The number of fused-ring (bicyclic) bond motifs is 6. The number of halogens is 5. The highest BCUT2D eigenvalue weighted by molar-refractivity contribution is 7.22. The first-order valence-electron chi connectivity index (χ1n) is 16.6. The van der Waals surface area contributed by atoms with Crippen LogP contribution in [0, 0.1) is 12.7 Å². The molecule has 3 aromatic heterocycles. The largest absolute Gasteiger partial charge is 0.487 e. The fourth-order valence-corrected chi connectivity index (χ4v) is 7.35. The lowest BCUT2D eigenvalue weighted by Gasteiger charge is -2.20. The van der Waals surface area contributed by atoms with E-state index in [0.717, 1.165) is 0 Å². The standard InChI is InChI=1S/C38H28ClF4N5O6S/c1-19-25-7-8-26(32(19)39)48-29(49)15-20-2-9-27(53-17-24-10-12-44-37(47-24)52-13-11-38(41,42)43)22(14-20)16-28(36(50)51)54-34-31-30(25)33(55-35(31)46-18-45-34)21-3-5-23(40)6-4-21/h2-10,12,14,18,28H,11,13,15-17H2,1H3,(H,48,49)(H,50,51)/t28-/m1/s1. The summed E-state index contributed by atoms with van der Waals surface area (Å²) in [5.74, 6) is -1.93. The number of nitrogens with zero attached hydrogens (tertiary/aromatic N) is 4. The number of aliphatic carboxylic acids is 1. The van der Waals surface area contributed by atoms with Crippen LogP contribution in [-0.4, -0.2) is 55.8 Å². The zero-order valence-electron chi connectivity index (χ0n) is 28.6. The highest BCUT2D eigenvalue weighted by Crippen LogP contribution is 2.49. The van der Waals surface area contributed by atoms with Crippen molar-refractivity contribution < 1.29 is 46.5 Å². The van der Waals surface area contributed by atoms with Crippen LogP contribution in [0.5, 0.6) is 17.6 Å². The van der Waals surface area contributed by atoms with E-state index in [-0.39, 0.29) is 47.8 Å². The van der Waals surface area contributed by atoms with Gasteiger partial charge in [0.15, 0.2) is 0 Å². The van der Waals surface area contributed by atoms with Gasteiger partial charge in [-0.15, -0.1) is 11.3 Å². The van der Waals surface area contributed by atoms with E-state index in [1.54, 1.807) is 49.4 Å². The summed E-state index contributed by atoms with van der Waals surface area (Å²) in [5.41, 5.74) is 4.00. The quantitative estimate of drug-likeness (QED) is 0.144. The van der Waals surface area contributed by atoms with Crippen LogP contribution in [0.25, 0.3) is 31.8 Å². The lowest BCUT2D eigenvalue weighted by molar-refractivity contribution is -0.145. The molecule has 4 bridgehead atoms. The van der Waals surface area contributed by atoms with Crippen molar-refractivity contribution in [2.75, 3.05) is 11.9 Å². The summed E-state index contributed by atoms with van der Waals surface area (Å²) < 4.78 is 69.1. The number of carbonyl (C=O) groups excluding carboxylic acids is 1. The van der Waals surface area contributed by atoms with E-state index in [4.69, 9.17) is 25.8 Å². The molecule has 2 aliphatic heterocycles. The SMILES string of the molecule is Cc1c2ccc(c1Cl)NC(=O)Cc1ccc(OCc3ccnc(OCCC(F)(F)F)n3)c(c1)C[C@H](C(=O)O)Oc1ncnc3sc(-c4ccc(F)cc4)c-2c13. The Bertz CT molecular complexity index is 2430. The Labute approximate surface area is 318 Å². The smallest absolute Gasteiger partial charge is 0.392 e. The molecule has 11 nitrogen and oxygen atoms in total. The molecular formula is C38H28ClF4N5O6S. The van der Waals surface area contributed by atoms with Crippen molar-refractivity contribution >= 4 is 50.7 Å². The van der Waals surface area contributed by atoms with Gasteiger partial charge in [0.2, 0.25) is 17.9 Å². The Morgan fingerprint density at radius 1 is 1.07 bits per heavy atom. The number of rotatable bonds is 8. The predicted octanol–water partition coefficient (Wildman–Crippen LogP) is 8.40. The fourth-order valence-electron chi connectivity index (χ4n) is 5.98. The lowest BCUT2D eigenvalue weighted by atomic mass is 9.95. The van der Waals surface area contributed by atoms with Crippen LogP contribution < -0.4 is 19.5 Å². The molecule has 1 amide bonds. The van der Waals surface area contributed by atoms with Gasteiger partial charge in [0, 0.05) is 23.1 Å². The number of aromatic nitrogens is 4. The summed E-state index contributed by atoms with van der Waals surface area (Å²) in [6.45, 7) is 0.931. The van der Waals surface area contributed by atoms with E-state index in [2.05, 4.69) is 25.3 Å². The fraction of sp³-hybridized carbons (Fsp3) is 0.211. The third kappa shape index (κ3) is 8.44. The molecule has 55 heavy (non-hydrogen) atoms. The zero-order valence-corrected chi connectivity index (χ0v) is 30.2. The van der Waals surface area contributed by atoms with Crippen LogP contribution in [0.4, 0.5) is 23.2 Å². The maximum atomic E-state index is 14.0. The maximum Gasteiger partial charge on any atom is 0.392 e. The maximum absolute atomic E-state index is 14.0. The first-order chi connectivity index (χ1) is 26.3. The van der Waals surface area contributed by atoms with Gasteiger partial charge in [0.05, 0.1) is 34.6 Å². The number of hydrogen-bond acceptors (Lipinski definition) is 10. The van der Waals surface area contributed by atoms with Crippen LogP contribution in [0.2, 0.25) is 5.02 Å². The monoisotopic (exact) mass is 793 g/mol. The first kappa shape index (κ1) is 37.4. The van der Waals surface area contributed by atoms with E-state index < -0.39 is 43.0 Å². The number of carboxylic acids is 1. The van der Waals surface area contributed by atoms with Gasteiger partial charge in [-0.3, -0.25) is 4.79 Å². The normalized spacial score (nSPS) is 14.4. The highest BCUT2D eigenvalue weighted by atomic mass is 35.5. The first-order valence-corrected chi connectivity index (χ1v) is 17.8. The van der Waals surface area contributed by atoms with Gasteiger partial charge in [-0.05, 0) is 65.1 Å². The molecule has 3 aromatic carbocycles. The van der Waals surface area contributed by atoms with Crippen LogP contribution >= 0.6 is 22.9 Å². The van der Waals surface area contributed by atoms with Gasteiger partial charge >= 0.3 is 18.2 Å². The van der Waals surface area contributed by atoms with Crippen molar-refractivity contribution in [2.24, 2.45) is 0 Å². The second-order valence-electron chi connectivity index (χ2n) is 12.4. The van der Waals surface area contributed by atoms with E-state index in [1.165, 1.54) is 42.1 Å². The molecule has 0 radical (unpaired) electrons. The van der Waals surface area contributed by atoms with E-state index in [9.17, 15) is 32.3 Å². The molecule has 6 aromatic rings. The molecule has 17 heteroatoms. The summed E-state index contributed by atoms with van der Waals surface area (Å²) in [4.78, 5) is 44.2. The van der Waals surface area contributed by atoms with Gasteiger partial charge < -0.3 is 24.6 Å². The zero-order chi connectivity index (χ0) is 38.9. The number of amides is 1. The van der Waals surface area contributed by atoms with Crippen LogP contribution in [-0.2, 0) is 29.0 Å². The molecule has 2 N–H and O–H groups in total. The number of thiophene rings is 1. The minimum Gasteiger partial charge on any atom is -0.487 e. The number of benzene rings is 3. The van der Waals surface area contributed by atoms with Crippen molar-refractivity contribution in [3.63, 3.8) is 0 Å². The Balaban J connectivity index is 1.29. The second-order valence-corrected chi connectivity index (χ2v) is 13.8. The minimum absolute atomic E-state index is 0.0188. The number of carbonyl (C=O) groups is 2. The third-order valence-electron chi connectivity index (χ3n) is 8.60. The van der Waals surface area contributed by atoms with Crippen molar-refractivity contribution in [3.05, 3.63) is 106 Å². The van der Waals surface area contributed by atoms with Crippen molar-refractivity contribution in [3.8, 4) is 39.2 Å². The topological polar surface area (TPSA) is 146 Å². The predicted molar refractivity (Wildman–Crippen MR) is 195 cm³/mol. The number of carboxylic acid groups (broad SMARTS) is 1. The highest BCUT2D eigenvalue weighted by Gasteiger charge is 2.29. The third-order valence-corrected chi connectivity index (χ3v) is 10.2. The molecule has 5 heterocycles. The average molecular weight is 794 g/mol. The minimum atomic E-state index is -4.41. The number of nitrogens with one attached hydrogen (secondary N) is 1. The Morgan fingerprint density at radius 3 is 2.64 bits per heavy atom. The molecule has 1 atom stereocenters. The molecule has 2 aliphatic rings. The van der Waals surface area contributed by atoms with E-state index >= 15 is 0 Å². The second kappa shape index (κ2) is 15.5. The number of hydrogen-bond donors (Lipinski definition) is 2. The van der Waals surface area contributed by atoms with Gasteiger partial charge in [0.25, 0.3) is 0 Å². The van der Waals surface area contributed by atoms with Crippen molar-refractivity contribution in [1.82, 2.24) is 19.9 Å². The molecule has 0 saturated heterocycles. The number of anilines is 1.